The number of carbonyl (C=O) groups is 1. The van der Waals surface area contributed by atoms with Crippen LogP contribution in [0.3, 0.4) is 0 Å². The maximum Gasteiger partial charge on any atom is 0.386 e. The van der Waals surface area contributed by atoms with E-state index in [1.165, 1.54) is 6.42 Å². The standard InChI is InChI=1S/C20H24N2O.C3H8.C2H3F3/c1-2-22-14-8-7-13-20(19(21)23)17-11-5-3-9-15(17)16-10-4-6-12-18(16)20;1-3-2;1-2(3,4)5/h3-6,9-12,22H,2,7-8,13-14H2,1H3,(H2,21,23);3H2,1-2H3;1H3. The first-order chi connectivity index (χ1) is 14.6. The molecule has 0 saturated heterocycles. The number of amides is 1. The third-order valence-electron chi connectivity index (χ3n) is 4.89. The highest BCUT2D eigenvalue weighted by Crippen LogP contribution is 2.51. The first kappa shape index (κ1) is 26.7. The van der Waals surface area contributed by atoms with Crippen molar-refractivity contribution in [2.45, 2.75) is 65.0 Å². The van der Waals surface area contributed by atoms with Crippen molar-refractivity contribution in [3.63, 3.8) is 0 Å². The fraction of sp³-hybridized carbons (Fsp3) is 0.480. The first-order valence-corrected chi connectivity index (χ1v) is 10.9. The van der Waals surface area contributed by atoms with Gasteiger partial charge in [0.25, 0.3) is 0 Å². The van der Waals surface area contributed by atoms with Gasteiger partial charge in [0.05, 0.1) is 5.41 Å². The number of unbranched alkanes of at least 4 members (excludes halogenated alkanes) is 1. The molecule has 0 aliphatic heterocycles. The molecule has 0 aromatic heterocycles. The van der Waals surface area contributed by atoms with E-state index in [4.69, 9.17) is 5.73 Å². The fourth-order valence-corrected chi connectivity index (χ4v) is 3.80. The molecule has 1 aliphatic carbocycles. The highest BCUT2D eigenvalue weighted by Gasteiger charge is 2.47. The van der Waals surface area contributed by atoms with Crippen molar-refractivity contribution < 1.29 is 18.0 Å². The smallest absolute Gasteiger partial charge is 0.369 e. The lowest BCUT2D eigenvalue weighted by Crippen LogP contribution is -2.40. The Hall–Kier alpha value is -2.34. The third-order valence-corrected chi connectivity index (χ3v) is 4.89. The molecular weight excluding hydrogens is 401 g/mol. The lowest BCUT2D eigenvalue weighted by atomic mass is 9.73. The van der Waals surface area contributed by atoms with Crippen molar-refractivity contribution in [1.82, 2.24) is 5.32 Å². The molecule has 0 fully saturated rings. The molecule has 0 saturated carbocycles. The number of nitrogens with two attached hydrogens (primary N) is 1. The van der Waals surface area contributed by atoms with Crippen LogP contribution in [-0.2, 0) is 10.2 Å². The van der Waals surface area contributed by atoms with Gasteiger partial charge in [-0.3, -0.25) is 4.79 Å². The minimum atomic E-state index is -4.00. The lowest BCUT2D eigenvalue weighted by molar-refractivity contribution is -0.122. The van der Waals surface area contributed by atoms with Crippen molar-refractivity contribution in [1.29, 1.82) is 0 Å². The summed E-state index contributed by atoms with van der Waals surface area (Å²) in [7, 11) is 0. The van der Waals surface area contributed by atoms with Gasteiger partial charge in [0.2, 0.25) is 5.91 Å². The van der Waals surface area contributed by atoms with Gasteiger partial charge in [-0.15, -0.1) is 0 Å². The van der Waals surface area contributed by atoms with Crippen molar-refractivity contribution in [2.24, 2.45) is 5.73 Å². The molecule has 0 unspecified atom stereocenters. The first-order valence-electron chi connectivity index (χ1n) is 10.9. The summed E-state index contributed by atoms with van der Waals surface area (Å²) >= 11 is 0. The van der Waals surface area contributed by atoms with Crippen LogP contribution >= 0.6 is 0 Å². The zero-order chi connectivity index (χ0) is 23.5. The Balaban J connectivity index is 0.000000519. The van der Waals surface area contributed by atoms with Crippen LogP contribution in [0.25, 0.3) is 11.1 Å². The third kappa shape index (κ3) is 7.39. The largest absolute Gasteiger partial charge is 0.386 e. The van der Waals surface area contributed by atoms with Crippen molar-refractivity contribution in [3.8, 4) is 11.1 Å². The quantitative estimate of drug-likeness (QED) is 0.508. The molecular formula is C25H35F3N2O. The molecule has 1 aliphatic rings. The number of alkyl halides is 3. The monoisotopic (exact) mass is 436 g/mol. The summed E-state index contributed by atoms with van der Waals surface area (Å²) in [5, 5.41) is 3.34. The number of rotatable bonds is 7. The number of halogens is 3. The number of hydrogen-bond donors (Lipinski definition) is 2. The molecule has 0 atom stereocenters. The van der Waals surface area contributed by atoms with Crippen LogP contribution in [0.1, 0.15) is 64.5 Å². The van der Waals surface area contributed by atoms with Gasteiger partial charge in [-0.2, -0.15) is 13.2 Å². The Labute approximate surface area is 184 Å². The maximum atomic E-state index is 12.6. The molecule has 0 heterocycles. The van der Waals surface area contributed by atoms with Gasteiger partial charge in [0.15, 0.2) is 0 Å². The summed E-state index contributed by atoms with van der Waals surface area (Å²) in [6.07, 6.45) is 0.0353. The van der Waals surface area contributed by atoms with Gasteiger partial charge >= 0.3 is 6.18 Å². The van der Waals surface area contributed by atoms with E-state index in [0.717, 1.165) is 54.6 Å². The molecule has 3 nitrogen and oxygen atoms in total. The van der Waals surface area contributed by atoms with Crippen molar-refractivity contribution in [2.75, 3.05) is 13.1 Å². The Kier molecular flexibility index (Phi) is 10.8. The van der Waals surface area contributed by atoms with Crippen LogP contribution < -0.4 is 11.1 Å². The van der Waals surface area contributed by atoms with Crippen LogP contribution in [0.2, 0.25) is 0 Å². The number of fused-ring (bicyclic) bond motifs is 3. The highest BCUT2D eigenvalue weighted by molar-refractivity contribution is 5.99. The second-order valence-corrected chi connectivity index (χ2v) is 7.66. The molecule has 3 N–H and O–H groups in total. The Morgan fingerprint density at radius 1 is 0.935 bits per heavy atom. The lowest BCUT2D eigenvalue weighted by Gasteiger charge is -2.28. The molecule has 0 radical (unpaired) electrons. The van der Waals surface area contributed by atoms with Gasteiger partial charge in [0.1, 0.15) is 0 Å². The summed E-state index contributed by atoms with van der Waals surface area (Å²) in [5.41, 5.74) is 9.69. The van der Waals surface area contributed by atoms with Crippen LogP contribution in [0.4, 0.5) is 13.2 Å². The normalized spacial score (nSPS) is 13.1. The molecule has 2 aromatic rings. The van der Waals surface area contributed by atoms with Gasteiger partial charge in [0, 0.05) is 6.92 Å². The maximum absolute atomic E-state index is 12.6. The second kappa shape index (κ2) is 12.5. The van der Waals surface area contributed by atoms with E-state index in [0.29, 0.717) is 0 Å². The predicted octanol–water partition coefficient (Wildman–Crippen LogP) is 6.20. The number of benzene rings is 2. The average molecular weight is 437 g/mol. The van der Waals surface area contributed by atoms with Gasteiger partial charge in [-0.25, -0.2) is 0 Å². The van der Waals surface area contributed by atoms with Gasteiger partial charge in [-0.1, -0.05) is 82.1 Å². The molecule has 2 aromatic carbocycles. The minimum absolute atomic E-state index is 0.188. The summed E-state index contributed by atoms with van der Waals surface area (Å²) in [6, 6.07) is 16.4. The van der Waals surface area contributed by atoms with Crippen LogP contribution in [0.15, 0.2) is 48.5 Å². The van der Waals surface area contributed by atoms with E-state index in [1.54, 1.807) is 0 Å². The fourth-order valence-electron chi connectivity index (χ4n) is 3.80. The van der Waals surface area contributed by atoms with E-state index in [2.05, 4.69) is 50.4 Å². The Bertz CT molecular complexity index is 767. The van der Waals surface area contributed by atoms with Crippen molar-refractivity contribution in [3.05, 3.63) is 59.7 Å². The summed E-state index contributed by atoms with van der Waals surface area (Å²) in [6.45, 7) is 8.50. The molecule has 3 rings (SSSR count). The average Bonchev–Trinajstić information content (AvgIpc) is 2.99. The van der Waals surface area contributed by atoms with Gasteiger partial charge < -0.3 is 11.1 Å². The number of primary amides is 1. The Morgan fingerprint density at radius 2 is 1.35 bits per heavy atom. The zero-order valence-corrected chi connectivity index (χ0v) is 19.0. The van der Waals surface area contributed by atoms with E-state index in [9.17, 15) is 18.0 Å². The zero-order valence-electron chi connectivity index (χ0n) is 19.0. The second-order valence-electron chi connectivity index (χ2n) is 7.66. The molecule has 0 spiro atoms. The van der Waals surface area contributed by atoms with E-state index in [1.807, 2.05) is 24.3 Å². The van der Waals surface area contributed by atoms with E-state index < -0.39 is 11.6 Å². The molecule has 172 valence electrons. The van der Waals surface area contributed by atoms with Crippen LogP contribution in [-0.4, -0.2) is 25.2 Å². The SMILES string of the molecule is CC(F)(F)F.CCC.CCNCCCCC1(C(N)=O)c2ccccc2-c2ccccc21. The molecule has 31 heavy (non-hydrogen) atoms. The highest BCUT2D eigenvalue weighted by atomic mass is 19.4. The molecule has 6 heteroatoms. The number of carbonyl (C=O) groups excluding carboxylic acids is 1. The molecule has 1 amide bonds. The van der Waals surface area contributed by atoms with E-state index >= 15 is 0 Å². The summed E-state index contributed by atoms with van der Waals surface area (Å²) in [4.78, 5) is 12.6. The number of hydrogen-bond acceptors (Lipinski definition) is 2. The van der Waals surface area contributed by atoms with E-state index in [-0.39, 0.29) is 12.8 Å². The molecule has 0 bridgehead atoms. The van der Waals surface area contributed by atoms with Crippen LogP contribution in [0.5, 0.6) is 0 Å². The van der Waals surface area contributed by atoms with Crippen molar-refractivity contribution >= 4 is 5.91 Å². The minimum Gasteiger partial charge on any atom is -0.369 e. The van der Waals surface area contributed by atoms with Crippen LogP contribution in [0, 0.1) is 0 Å². The number of nitrogens with one attached hydrogen (secondary N) is 1. The summed E-state index contributed by atoms with van der Waals surface area (Å²) < 4.78 is 31.1. The predicted molar refractivity (Wildman–Crippen MR) is 122 cm³/mol. The topological polar surface area (TPSA) is 55.1 Å². The Morgan fingerprint density at radius 3 is 1.74 bits per heavy atom. The summed E-state index contributed by atoms with van der Waals surface area (Å²) in [5.74, 6) is -0.238. The van der Waals surface area contributed by atoms with Gasteiger partial charge in [-0.05, 0) is 48.2 Å².